The molecule has 2 aromatic carbocycles. The molecular weight excluding hydrogens is 291 g/mol. The Morgan fingerprint density at radius 3 is 2.57 bits per heavy atom. The lowest BCUT2D eigenvalue weighted by Gasteiger charge is -2.08. The van der Waals surface area contributed by atoms with Gasteiger partial charge >= 0.3 is 0 Å². The second-order valence-electron chi connectivity index (χ2n) is 4.74. The molecule has 0 aliphatic heterocycles. The van der Waals surface area contributed by atoms with Gasteiger partial charge in [-0.25, -0.2) is 4.39 Å². The first-order valence-electron chi connectivity index (χ1n) is 6.56. The molecule has 5 heteroatoms. The van der Waals surface area contributed by atoms with Gasteiger partial charge in [0.1, 0.15) is 5.82 Å². The number of amides is 1. The molecule has 0 aromatic heterocycles. The third-order valence-electron chi connectivity index (χ3n) is 2.98. The lowest BCUT2D eigenvalue weighted by molar-refractivity contribution is -0.119. The van der Waals surface area contributed by atoms with Crippen LogP contribution in [0.25, 0.3) is 0 Å². The highest BCUT2D eigenvalue weighted by Crippen LogP contribution is 2.18. The smallest absolute Gasteiger partial charge is 0.239 e. The Labute approximate surface area is 128 Å². The van der Waals surface area contributed by atoms with Gasteiger partial charge in [0.2, 0.25) is 5.91 Å². The molecule has 2 aromatic rings. The van der Waals surface area contributed by atoms with Crippen LogP contribution in [0.3, 0.4) is 0 Å². The summed E-state index contributed by atoms with van der Waals surface area (Å²) >= 11 is 5.67. The van der Waals surface area contributed by atoms with Gasteiger partial charge < -0.3 is 10.6 Å². The van der Waals surface area contributed by atoms with E-state index in [2.05, 4.69) is 10.6 Å². The standard InChI is InChI=1S/C16H16ClFN2O/c1-11-2-4-12(5-3-11)9-20-16(21)10-19-13-6-7-15(18)14(17)8-13/h2-8,19H,9-10H2,1H3,(H,20,21). The van der Waals surface area contributed by atoms with Crippen molar-refractivity contribution in [2.45, 2.75) is 13.5 Å². The first kappa shape index (κ1) is 15.3. The minimum absolute atomic E-state index is 0.0278. The van der Waals surface area contributed by atoms with Crippen LogP contribution in [-0.2, 0) is 11.3 Å². The van der Waals surface area contributed by atoms with Crippen LogP contribution in [0.2, 0.25) is 5.02 Å². The van der Waals surface area contributed by atoms with Crippen LogP contribution in [0.4, 0.5) is 10.1 Å². The minimum Gasteiger partial charge on any atom is -0.376 e. The highest BCUT2D eigenvalue weighted by Gasteiger charge is 2.04. The molecule has 0 atom stereocenters. The largest absolute Gasteiger partial charge is 0.376 e. The van der Waals surface area contributed by atoms with E-state index in [4.69, 9.17) is 11.6 Å². The molecule has 0 saturated carbocycles. The van der Waals surface area contributed by atoms with Crippen molar-refractivity contribution in [1.29, 1.82) is 0 Å². The van der Waals surface area contributed by atoms with Gasteiger partial charge in [0, 0.05) is 12.2 Å². The number of anilines is 1. The van der Waals surface area contributed by atoms with Gasteiger partial charge in [-0.05, 0) is 30.7 Å². The Morgan fingerprint density at radius 1 is 1.19 bits per heavy atom. The predicted molar refractivity (Wildman–Crippen MR) is 82.9 cm³/mol. The van der Waals surface area contributed by atoms with Gasteiger partial charge in [-0.3, -0.25) is 4.79 Å². The number of carbonyl (C=O) groups is 1. The zero-order valence-corrected chi connectivity index (χ0v) is 12.4. The van der Waals surface area contributed by atoms with E-state index in [-0.39, 0.29) is 17.5 Å². The van der Waals surface area contributed by atoms with E-state index in [0.717, 1.165) is 5.56 Å². The predicted octanol–water partition coefficient (Wildman–Crippen LogP) is 3.52. The molecule has 2 N–H and O–H groups in total. The van der Waals surface area contributed by atoms with Crippen LogP contribution in [0.1, 0.15) is 11.1 Å². The second-order valence-corrected chi connectivity index (χ2v) is 5.15. The molecule has 2 rings (SSSR count). The number of halogens is 2. The van der Waals surface area contributed by atoms with E-state index < -0.39 is 5.82 Å². The molecule has 0 radical (unpaired) electrons. The Bertz CT molecular complexity index is 629. The summed E-state index contributed by atoms with van der Waals surface area (Å²) in [6.45, 7) is 2.60. The molecule has 0 saturated heterocycles. The maximum atomic E-state index is 13.0. The molecule has 0 spiro atoms. The van der Waals surface area contributed by atoms with E-state index in [1.54, 1.807) is 0 Å². The molecule has 0 bridgehead atoms. The zero-order chi connectivity index (χ0) is 15.2. The summed E-state index contributed by atoms with van der Waals surface area (Å²) in [5.74, 6) is -0.623. The number of hydrogen-bond acceptors (Lipinski definition) is 2. The zero-order valence-electron chi connectivity index (χ0n) is 11.6. The van der Waals surface area contributed by atoms with Crippen LogP contribution in [0.15, 0.2) is 42.5 Å². The maximum Gasteiger partial charge on any atom is 0.239 e. The maximum absolute atomic E-state index is 13.0. The van der Waals surface area contributed by atoms with Crippen molar-refractivity contribution in [3.05, 3.63) is 64.4 Å². The van der Waals surface area contributed by atoms with Crippen LogP contribution in [0.5, 0.6) is 0 Å². The van der Waals surface area contributed by atoms with Gasteiger partial charge in [-0.1, -0.05) is 41.4 Å². The number of nitrogens with one attached hydrogen (secondary N) is 2. The lowest BCUT2D eigenvalue weighted by atomic mass is 10.1. The van der Waals surface area contributed by atoms with Crippen molar-refractivity contribution in [3.63, 3.8) is 0 Å². The highest BCUT2D eigenvalue weighted by atomic mass is 35.5. The first-order chi connectivity index (χ1) is 10.0. The van der Waals surface area contributed by atoms with Gasteiger partial charge in [-0.15, -0.1) is 0 Å². The molecular formula is C16H16ClFN2O. The second kappa shape index (κ2) is 7.09. The summed E-state index contributed by atoms with van der Waals surface area (Å²) in [6, 6.07) is 12.2. The molecule has 1 amide bonds. The summed E-state index contributed by atoms with van der Waals surface area (Å²) in [5, 5.41) is 5.73. The van der Waals surface area contributed by atoms with E-state index in [0.29, 0.717) is 12.2 Å². The average Bonchev–Trinajstić information content (AvgIpc) is 2.48. The summed E-state index contributed by atoms with van der Waals surface area (Å²) in [5.41, 5.74) is 2.82. The van der Waals surface area contributed by atoms with Gasteiger partial charge in [-0.2, -0.15) is 0 Å². The van der Waals surface area contributed by atoms with Crippen molar-refractivity contribution in [2.75, 3.05) is 11.9 Å². The molecule has 3 nitrogen and oxygen atoms in total. The Hall–Kier alpha value is -2.07. The highest BCUT2D eigenvalue weighted by molar-refractivity contribution is 6.31. The molecule has 0 aliphatic carbocycles. The van der Waals surface area contributed by atoms with E-state index in [1.807, 2.05) is 31.2 Å². The van der Waals surface area contributed by atoms with E-state index in [9.17, 15) is 9.18 Å². The Kier molecular flexibility index (Phi) is 5.17. The third-order valence-corrected chi connectivity index (χ3v) is 3.27. The van der Waals surface area contributed by atoms with E-state index >= 15 is 0 Å². The van der Waals surface area contributed by atoms with Crippen LogP contribution in [0, 0.1) is 12.7 Å². The fraction of sp³-hybridized carbons (Fsp3) is 0.188. The van der Waals surface area contributed by atoms with Crippen molar-refractivity contribution in [1.82, 2.24) is 5.32 Å². The van der Waals surface area contributed by atoms with E-state index in [1.165, 1.54) is 23.8 Å². The van der Waals surface area contributed by atoms with Gasteiger partial charge in [0.25, 0.3) is 0 Å². The van der Waals surface area contributed by atoms with Crippen LogP contribution < -0.4 is 10.6 Å². The van der Waals surface area contributed by atoms with Crippen LogP contribution in [-0.4, -0.2) is 12.5 Å². The van der Waals surface area contributed by atoms with Gasteiger partial charge in [0.15, 0.2) is 0 Å². The van der Waals surface area contributed by atoms with Crippen molar-refractivity contribution < 1.29 is 9.18 Å². The molecule has 0 aliphatic rings. The number of rotatable bonds is 5. The Morgan fingerprint density at radius 2 is 1.90 bits per heavy atom. The number of aryl methyl sites for hydroxylation is 1. The molecule has 110 valence electrons. The summed E-state index contributed by atoms with van der Waals surface area (Å²) in [4.78, 5) is 11.7. The number of carbonyl (C=O) groups excluding carboxylic acids is 1. The first-order valence-corrected chi connectivity index (χ1v) is 6.93. The monoisotopic (exact) mass is 306 g/mol. The van der Waals surface area contributed by atoms with Crippen LogP contribution >= 0.6 is 11.6 Å². The fourth-order valence-corrected chi connectivity index (χ4v) is 1.94. The van der Waals surface area contributed by atoms with Crippen molar-refractivity contribution in [2.24, 2.45) is 0 Å². The summed E-state index contributed by atoms with van der Waals surface area (Å²) < 4.78 is 13.0. The van der Waals surface area contributed by atoms with Crippen molar-refractivity contribution in [3.8, 4) is 0 Å². The summed E-state index contributed by atoms with van der Waals surface area (Å²) in [6.07, 6.45) is 0. The quantitative estimate of drug-likeness (QED) is 0.887. The Balaban J connectivity index is 1.79. The molecule has 21 heavy (non-hydrogen) atoms. The number of hydrogen-bond donors (Lipinski definition) is 2. The topological polar surface area (TPSA) is 41.1 Å². The lowest BCUT2D eigenvalue weighted by Crippen LogP contribution is -2.29. The van der Waals surface area contributed by atoms with Crippen molar-refractivity contribution >= 4 is 23.2 Å². The molecule has 0 fully saturated rings. The molecule has 0 heterocycles. The fourth-order valence-electron chi connectivity index (χ4n) is 1.76. The number of benzene rings is 2. The normalized spacial score (nSPS) is 10.2. The molecule has 0 unspecified atom stereocenters. The minimum atomic E-state index is -0.481. The third kappa shape index (κ3) is 4.76. The van der Waals surface area contributed by atoms with Gasteiger partial charge in [0.05, 0.1) is 11.6 Å². The average molecular weight is 307 g/mol. The summed E-state index contributed by atoms with van der Waals surface area (Å²) in [7, 11) is 0. The SMILES string of the molecule is Cc1ccc(CNC(=O)CNc2ccc(F)c(Cl)c2)cc1.